The van der Waals surface area contributed by atoms with Crippen molar-refractivity contribution < 1.29 is 0 Å². The second-order valence-corrected chi connectivity index (χ2v) is 6.12. The fourth-order valence-corrected chi connectivity index (χ4v) is 3.17. The number of nitrogens with zero attached hydrogens (tertiary/aromatic N) is 3. The van der Waals surface area contributed by atoms with Gasteiger partial charge in [-0.3, -0.25) is 0 Å². The first kappa shape index (κ1) is 13.9. The molecule has 0 aliphatic carbocycles. The van der Waals surface area contributed by atoms with Gasteiger partial charge in [-0.15, -0.1) is 11.3 Å². The predicted octanol–water partition coefficient (Wildman–Crippen LogP) is 3.81. The van der Waals surface area contributed by atoms with E-state index in [1.165, 1.54) is 4.70 Å². The van der Waals surface area contributed by atoms with Crippen LogP contribution in [0, 0.1) is 6.92 Å². The molecule has 0 atom stereocenters. The molecule has 3 aromatic rings. The van der Waals surface area contributed by atoms with Crippen LogP contribution < -0.4 is 5.32 Å². The van der Waals surface area contributed by atoms with Gasteiger partial charge in [-0.25, -0.2) is 15.0 Å². The van der Waals surface area contributed by atoms with Gasteiger partial charge in [-0.1, -0.05) is 19.1 Å². The molecule has 2 heterocycles. The number of nitrogens with one attached hydrogen (secondary N) is 1. The van der Waals surface area contributed by atoms with Crippen molar-refractivity contribution in [3.05, 3.63) is 46.7 Å². The fraction of sp³-hybridized carbons (Fsp3) is 0.312. The third kappa shape index (κ3) is 3.36. The summed E-state index contributed by atoms with van der Waals surface area (Å²) in [6.07, 6.45) is 1.81. The van der Waals surface area contributed by atoms with Crippen molar-refractivity contribution in [2.75, 3.05) is 11.9 Å². The third-order valence-electron chi connectivity index (χ3n) is 3.11. The Kier molecular flexibility index (Phi) is 4.10. The summed E-state index contributed by atoms with van der Waals surface area (Å²) in [4.78, 5) is 13.7. The van der Waals surface area contributed by atoms with Gasteiger partial charge in [0.05, 0.1) is 20.9 Å². The smallest absolute Gasteiger partial charge is 0.223 e. The van der Waals surface area contributed by atoms with Crippen molar-refractivity contribution in [3.63, 3.8) is 0 Å². The van der Waals surface area contributed by atoms with Crippen molar-refractivity contribution >= 4 is 27.5 Å². The van der Waals surface area contributed by atoms with Crippen molar-refractivity contribution in [1.82, 2.24) is 15.0 Å². The van der Waals surface area contributed by atoms with Crippen LogP contribution in [0.25, 0.3) is 10.2 Å². The number of anilines is 1. The maximum absolute atomic E-state index is 4.67. The summed E-state index contributed by atoms with van der Waals surface area (Å²) in [5, 5.41) is 4.34. The highest BCUT2D eigenvalue weighted by atomic mass is 32.1. The van der Waals surface area contributed by atoms with Crippen LogP contribution >= 0.6 is 11.3 Å². The monoisotopic (exact) mass is 298 g/mol. The topological polar surface area (TPSA) is 50.7 Å². The first-order chi connectivity index (χ1) is 10.2. The molecule has 0 saturated carbocycles. The van der Waals surface area contributed by atoms with Gasteiger partial charge in [0.1, 0.15) is 0 Å². The lowest BCUT2D eigenvalue weighted by Gasteiger charge is -2.06. The number of hydrogen-bond donors (Lipinski definition) is 1. The van der Waals surface area contributed by atoms with Gasteiger partial charge >= 0.3 is 0 Å². The summed E-state index contributed by atoms with van der Waals surface area (Å²) in [7, 11) is 0. The summed E-state index contributed by atoms with van der Waals surface area (Å²) in [6.45, 7) is 5.02. The highest BCUT2D eigenvalue weighted by Crippen LogP contribution is 2.23. The number of fused-ring (bicyclic) bond motifs is 1. The lowest BCUT2D eigenvalue weighted by molar-refractivity contribution is 0.926. The number of hydrogen-bond acceptors (Lipinski definition) is 5. The van der Waals surface area contributed by atoms with E-state index in [0.29, 0.717) is 5.95 Å². The van der Waals surface area contributed by atoms with Crippen molar-refractivity contribution in [1.29, 1.82) is 0 Å². The van der Waals surface area contributed by atoms with Gasteiger partial charge in [0.2, 0.25) is 5.95 Å². The molecule has 0 aliphatic heterocycles. The Balaban J connectivity index is 1.84. The zero-order valence-electron chi connectivity index (χ0n) is 12.3. The van der Waals surface area contributed by atoms with Gasteiger partial charge < -0.3 is 5.32 Å². The highest BCUT2D eigenvalue weighted by molar-refractivity contribution is 7.18. The van der Waals surface area contributed by atoms with Crippen LogP contribution in [0.4, 0.5) is 5.95 Å². The normalized spacial score (nSPS) is 11.0. The van der Waals surface area contributed by atoms with E-state index in [1.807, 2.05) is 25.1 Å². The number of thiazole rings is 1. The van der Waals surface area contributed by atoms with Crippen LogP contribution in [0.5, 0.6) is 0 Å². The first-order valence-electron chi connectivity index (χ1n) is 7.17. The van der Waals surface area contributed by atoms with E-state index in [0.717, 1.165) is 41.3 Å². The Hall–Kier alpha value is -2.01. The first-order valence-corrected chi connectivity index (χ1v) is 7.99. The summed E-state index contributed by atoms with van der Waals surface area (Å²) in [5.74, 6) is 0.716. The number of aromatic nitrogens is 3. The number of para-hydroxylation sites is 1. The van der Waals surface area contributed by atoms with E-state index < -0.39 is 0 Å². The van der Waals surface area contributed by atoms with Gasteiger partial charge in [-0.05, 0) is 31.5 Å². The standard InChI is InChI=1S/C16H18N4S/c1-3-8-17-16-18-11(2)9-12(19-16)10-15-20-13-6-4-5-7-14(13)21-15/h4-7,9H,3,8,10H2,1-2H3,(H,17,18,19). The fourth-order valence-electron chi connectivity index (χ4n) is 2.19. The number of aryl methyl sites for hydroxylation is 1. The molecule has 5 heteroatoms. The van der Waals surface area contributed by atoms with E-state index in [-0.39, 0.29) is 0 Å². The second-order valence-electron chi connectivity index (χ2n) is 5.00. The molecule has 1 N–H and O–H groups in total. The molecular weight excluding hydrogens is 280 g/mol. The molecule has 21 heavy (non-hydrogen) atoms. The Bertz CT molecular complexity index is 718. The predicted molar refractivity (Wildman–Crippen MR) is 88.0 cm³/mol. The van der Waals surface area contributed by atoms with Gasteiger partial charge in [0, 0.05) is 18.7 Å². The van der Waals surface area contributed by atoms with Crippen LogP contribution in [0.1, 0.15) is 29.7 Å². The SMILES string of the molecule is CCCNc1nc(C)cc(Cc2nc3ccccc3s2)n1. The molecule has 0 spiro atoms. The average Bonchev–Trinajstić information content (AvgIpc) is 2.86. The largest absolute Gasteiger partial charge is 0.354 e. The summed E-state index contributed by atoms with van der Waals surface area (Å²) in [5.41, 5.74) is 3.06. The molecule has 4 nitrogen and oxygen atoms in total. The zero-order valence-corrected chi connectivity index (χ0v) is 13.1. The highest BCUT2D eigenvalue weighted by Gasteiger charge is 2.07. The van der Waals surface area contributed by atoms with Crippen LogP contribution in [0.2, 0.25) is 0 Å². The Labute approximate surface area is 128 Å². The van der Waals surface area contributed by atoms with Crippen LogP contribution in [0.15, 0.2) is 30.3 Å². The molecule has 0 bridgehead atoms. The minimum Gasteiger partial charge on any atom is -0.354 e. The Morgan fingerprint density at radius 1 is 1.14 bits per heavy atom. The quantitative estimate of drug-likeness (QED) is 0.778. The molecule has 1 aromatic carbocycles. The Morgan fingerprint density at radius 2 is 2.00 bits per heavy atom. The van der Waals surface area contributed by atoms with Gasteiger partial charge in [0.15, 0.2) is 0 Å². The van der Waals surface area contributed by atoms with Crippen LogP contribution in [-0.2, 0) is 6.42 Å². The Morgan fingerprint density at radius 3 is 2.81 bits per heavy atom. The van der Waals surface area contributed by atoms with E-state index in [9.17, 15) is 0 Å². The second kappa shape index (κ2) is 6.18. The minimum atomic E-state index is 0.716. The van der Waals surface area contributed by atoms with Crippen molar-refractivity contribution in [2.45, 2.75) is 26.7 Å². The lowest BCUT2D eigenvalue weighted by atomic mass is 10.2. The molecule has 0 amide bonds. The van der Waals surface area contributed by atoms with Crippen molar-refractivity contribution in [3.8, 4) is 0 Å². The van der Waals surface area contributed by atoms with Gasteiger partial charge in [-0.2, -0.15) is 0 Å². The summed E-state index contributed by atoms with van der Waals surface area (Å²) < 4.78 is 1.22. The van der Waals surface area contributed by atoms with Crippen molar-refractivity contribution in [2.24, 2.45) is 0 Å². The van der Waals surface area contributed by atoms with E-state index in [4.69, 9.17) is 0 Å². The molecule has 0 unspecified atom stereocenters. The van der Waals surface area contributed by atoms with Crippen LogP contribution in [0.3, 0.4) is 0 Å². The lowest BCUT2D eigenvalue weighted by Crippen LogP contribution is -2.07. The van der Waals surface area contributed by atoms with E-state index >= 15 is 0 Å². The minimum absolute atomic E-state index is 0.716. The molecule has 3 rings (SSSR count). The van der Waals surface area contributed by atoms with E-state index in [2.05, 4.69) is 39.3 Å². The van der Waals surface area contributed by atoms with E-state index in [1.54, 1.807) is 11.3 Å². The van der Waals surface area contributed by atoms with Crippen LogP contribution in [-0.4, -0.2) is 21.5 Å². The molecule has 2 aromatic heterocycles. The molecule has 0 fully saturated rings. The molecular formula is C16H18N4S. The average molecular weight is 298 g/mol. The molecule has 0 saturated heterocycles. The summed E-state index contributed by atoms with van der Waals surface area (Å²) >= 11 is 1.73. The number of rotatable bonds is 5. The zero-order chi connectivity index (χ0) is 14.7. The van der Waals surface area contributed by atoms with Gasteiger partial charge in [0.25, 0.3) is 0 Å². The maximum Gasteiger partial charge on any atom is 0.223 e. The maximum atomic E-state index is 4.67. The molecule has 108 valence electrons. The molecule has 0 aliphatic rings. The molecule has 0 radical (unpaired) electrons. The third-order valence-corrected chi connectivity index (χ3v) is 4.15. The summed E-state index contributed by atoms with van der Waals surface area (Å²) in [6, 6.07) is 10.3. The number of benzene rings is 1.